The Bertz CT molecular complexity index is 596. The van der Waals surface area contributed by atoms with E-state index in [1.807, 2.05) is 24.3 Å². The van der Waals surface area contributed by atoms with E-state index in [1.54, 1.807) is 21.1 Å². The van der Waals surface area contributed by atoms with Crippen molar-refractivity contribution in [3.8, 4) is 5.75 Å². The summed E-state index contributed by atoms with van der Waals surface area (Å²) in [6, 6.07) is 9.48. The van der Waals surface area contributed by atoms with Crippen molar-refractivity contribution in [1.29, 1.82) is 0 Å². The molecule has 0 fully saturated rings. The summed E-state index contributed by atoms with van der Waals surface area (Å²) in [5.41, 5.74) is 1.74. The standard InChI is InChI=1S/C16H17F2NO/c1-10-8-13(15(18)9-14(10)17)16(19-2)11-4-6-12(20-3)7-5-11/h4-9,16,19H,1-3H3. The minimum atomic E-state index is -0.553. The van der Waals surface area contributed by atoms with Gasteiger partial charge >= 0.3 is 0 Å². The summed E-state index contributed by atoms with van der Waals surface area (Å²) < 4.78 is 32.4. The van der Waals surface area contributed by atoms with E-state index in [9.17, 15) is 8.78 Å². The highest BCUT2D eigenvalue weighted by atomic mass is 19.1. The van der Waals surface area contributed by atoms with Crippen LogP contribution in [0.5, 0.6) is 5.75 Å². The SMILES string of the molecule is CNC(c1ccc(OC)cc1)c1cc(C)c(F)cc1F. The lowest BCUT2D eigenvalue weighted by atomic mass is 9.96. The van der Waals surface area contributed by atoms with Gasteiger partial charge in [0.15, 0.2) is 0 Å². The van der Waals surface area contributed by atoms with Gasteiger partial charge in [-0.15, -0.1) is 0 Å². The van der Waals surface area contributed by atoms with Crippen molar-refractivity contribution in [2.45, 2.75) is 13.0 Å². The average molecular weight is 277 g/mol. The van der Waals surface area contributed by atoms with Gasteiger partial charge in [0, 0.05) is 11.6 Å². The van der Waals surface area contributed by atoms with Crippen LogP contribution < -0.4 is 10.1 Å². The van der Waals surface area contributed by atoms with Crippen LogP contribution in [-0.4, -0.2) is 14.2 Å². The van der Waals surface area contributed by atoms with Crippen molar-refractivity contribution in [3.63, 3.8) is 0 Å². The highest BCUT2D eigenvalue weighted by Crippen LogP contribution is 2.27. The van der Waals surface area contributed by atoms with E-state index in [2.05, 4.69) is 5.32 Å². The Morgan fingerprint density at radius 1 is 1.05 bits per heavy atom. The fraction of sp³-hybridized carbons (Fsp3) is 0.250. The molecule has 2 rings (SSSR count). The van der Waals surface area contributed by atoms with Gasteiger partial charge in [-0.1, -0.05) is 12.1 Å². The Kier molecular flexibility index (Phi) is 4.35. The molecule has 2 aromatic rings. The second-order valence-electron chi connectivity index (χ2n) is 4.62. The molecule has 1 unspecified atom stereocenters. The van der Waals surface area contributed by atoms with Gasteiger partial charge in [-0.25, -0.2) is 8.78 Å². The number of hydrogen-bond acceptors (Lipinski definition) is 2. The molecular weight excluding hydrogens is 260 g/mol. The first-order valence-electron chi connectivity index (χ1n) is 6.33. The van der Waals surface area contributed by atoms with Gasteiger partial charge in [0.25, 0.3) is 0 Å². The number of nitrogens with one attached hydrogen (secondary N) is 1. The summed E-state index contributed by atoms with van der Waals surface area (Å²) in [6.07, 6.45) is 0. The normalized spacial score (nSPS) is 12.2. The summed E-state index contributed by atoms with van der Waals surface area (Å²) >= 11 is 0. The molecule has 2 aromatic carbocycles. The number of ether oxygens (including phenoxy) is 1. The van der Waals surface area contributed by atoms with Crippen LogP contribution in [-0.2, 0) is 0 Å². The second kappa shape index (κ2) is 6.01. The molecular formula is C16H17F2NO. The third kappa shape index (κ3) is 2.80. The maximum atomic E-state index is 14.0. The predicted molar refractivity (Wildman–Crippen MR) is 75.0 cm³/mol. The molecule has 0 aliphatic carbocycles. The number of halogens is 2. The minimum absolute atomic E-state index is 0.333. The molecule has 0 spiro atoms. The molecule has 20 heavy (non-hydrogen) atoms. The van der Waals surface area contributed by atoms with E-state index in [1.165, 1.54) is 6.07 Å². The molecule has 0 amide bonds. The Hall–Kier alpha value is -1.94. The highest BCUT2D eigenvalue weighted by molar-refractivity contribution is 5.37. The molecule has 0 heterocycles. The number of benzene rings is 2. The largest absolute Gasteiger partial charge is 0.497 e. The van der Waals surface area contributed by atoms with Gasteiger partial charge < -0.3 is 10.1 Å². The second-order valence-corrected chi connectivity index (χ2v) is 4.62. The van der Waals surface area contributed by atoms with Crippen molar-refractivity contribution in [3.05, 3.63) is 64.7 Å². The molecule has 0 saturated heterocycles. The van der Waals surface area contributed by atoms with Crippen molar-refractivity contribution in [1.82, 2.24) is 5.32 Å². The molecule has 4 heteroatoms. The molecule has 0 aliphatic rings. The van der Waals surface area contributed by atoms with E-state index in [0.29, 0.717) is 11.1 Å². The smallest absolute Gasteiger partial charge is 0.131 e. The quantitative estimate of drug-likeness (QED) is 0.922. The topological polar surface area (TPSA) is 21.3 Å². The predicted octanol–water partition coefficient (Wildman–Crippen LogP) is 3.59. The van der Waals surface area contributed by atoms with Crippen molar-refractivity contribution in [2.24, 2.45) is 0 Å². The lowest BCUT2D eigenvalue weighted by Gasteiger charge is -2.19. The molecule has 0 aliphatic heterocycles. The van der Waals surface area contributed by atoms with Crippen LogP contribution in [0.2, 0.25) is 0 Å². The van der Waals surface area contributed by atoms with Gasteiger partial charge in [-0.3, -0.25) is 0 Å². The van der Waals surface area contributed by atoms with E-state index in [-0.39, 0.29) is 6.04 Å². The first-order chi connectivity index (χ1) is 9.56. The summed E-state index contributed by atoms with van der Waals surface area (Å²) in [4.78, 5) is 0. The Labute approximate surface area is 117 Å². The van der Waals surface area contributed by atoms with Crippen LogP contribution in [0.25, 0.3) is 0 Å². The highest BCUT2D eigenvalue weighted by Gasteiger charge is 2.18. The maximum absolute atomic E-state index is 14.0. The monoisotopic (exact) mass is 277 g/mol. The van der Waals surface area contributed by atoms with E-state index in [0.717, 1.165) is 17.4 Å². The molecule has 2 nitrogen and oxygen atoms in total. The summed E-state index contributed by atoms with van der Waals surface area (Å²) in [6.45, 7) is 1.62. The minimum Gasteiger partial charge on any atom is -0.497 e. The van der Waals surface area contributed by atoms with Gasteiger partial charge in [0.05, 0.1) is 13.2 Å². The Balaban J connectivity index is 2.43. The van der Waals surface area contributed by atoms with Gasteiger partial charge in [-0.2, -0.15) is 0 Å². The summed E-state index contributed by atoms with van der Waals surface area (Å²) in [5.74, 6) is -0.349. The lowest BCUT2D eigenvalue weighted by molar-refractivity contribution is 0.414. The Morgan fingerprint density at radius 2 is 1.70 bits per heavy atom. The van der Waals surface area contributed by atoms with Crippen molar-refractivity contribution < 1.29 is 13.5 Å². The van der Waals surface area contributed by atoms with E-state index in [4.69, 9.17) is 4.74 Å². The van der Waals surface area contributed by atoms with Crippen LogP contribution in [0.15, 0.2) is 36.4 Å². The van der Waals surface area contributed by atoms with Crippen LogP contribution in [0, 0.1) is 18.6 Å². The van der Waals surface area contributed by atoms with Crippen molar-refractivity contribution in [2.75, 3.05) is 14.2 Å². The van der Waals surface area contributed by atoms with Crippen molar-refractivity contribution >= 4 is 0 Å². The number of aryl methyl sites for hydroxylation is 1. The molecule has 0 bridgehead atoms. The van der Waals surface area contributed by atoms with E-state index < -0.39 is 11.6 Å². The fourth-order valence-electron chi connectivity index (χ4n) is 2.20. The van der Waals surface area contributed by atoms with Crippen LogP contribution >= 0.6 is 0 Å². The van der Waals surface area contributed by atoms with Gasteiger partial charge in [-0.05, 0) is 43.3 Å². The molecule has 1 atom stereocenters. The number of methoxy groups -OCH3 is 1. The molecule has 1 N–H and O–H groups in total. The lowest BCUT2D eigenvalue weighted by Crippen LogP contribution is -2.19. The van der Waals surface area contributed by atoms with Crippen LogP contribution in [0.1, 0.15) is 22.7 Å². The number of hydrogen-bond donors (Lipinski definition) is 1. The Morgan fingerprint density at radius 3 is 2.25 bits per heavy atom. The fourth-order valence-corrected chi connectivity index (χ4v) is 2.20. The van der Waals surface area contributed by atoms with Gasteiger partial charge in [0.1, 0.15) is 17.4 Å². The summed E-state index contributed by atoms with van der Waals surface area (Å²) in [7, 11) is 3.33. The number of rotatable bonds is 4. The molecule has 0 saturated carbocycles. The van der Waals surface area contributed by atoms with Gasteiger partial charge in [0.2, 0.25) is 0 Å². The third-order valence-electron chi connectivity index (χ3n) is 3.33. The average Bonchev–Trinajstić information content (AvgIpc) is 2.46. The van der Waals surface area contributed by atoms with E-state index >= 15 is 0 Å². The molecule has 0 aromatic heterocycles. The zero-order chi connectivity index (χ0) is 14.7. The first kappa shape index (κ1) is 14.5. The zero-order valence-corrected chi connectivity index (χ0v) is 11.7. The molecule has 0 radical (unpaired) electrons. The third-order valence-corrected chi connectivity index (χ3v) is 3.33. The van der Waals surface area contributed by atoms with Crippen LogP contribution in [0.4, 0.5) is 8.78 Å². The zero-order valence-electron chi connectivity index (χ0n) is 11.7. The summed E-state index contributed by atoms with van der Waals surface area (Å²) in [5, 5.41) is 3.06. The maximum Gasteiger partial charge on any atom is 0.131 e. The van der Waals surface area contributed by atoms with Crippen LogP contribution in [0.3, 0.4) is 0 Å². The first-order valence-corrected chi connectivity index (χ1v) is 6.33. The molecule has 106 valence electrons.